The highest BCUT2D eigenvalue weighted by Crippen LogP contribution is 2.33. The number of carbonyl (C=O) groups excluding carboxylic acids is 1. The van der Waals surface area contributed by atoms with Crippen molar-refractivity contribution in [1.82, 2.24) is 4.98 Å². The van der Waals surface area contributed by atoms with Crippen LogP contribution in [0.4, 0.5) is 10.8 Å². The lowest BCUT2D eigenvalue weighted by atomic mass is 10.2. The van der Waals surface area contributed by atoms with Gasteiger partial charge < -0.3 is 9.47 Å². The summed E-state index contributed by atoms with van der Waals surface area (Å²) >= 11 is 1.29. The van der Waals surface area contributed by atoms with E-state index in [4.69, 9.17) is 9.47 Å². The zero-order valence-corrected chi connectivity index (χ0v) is 24.1. The van der Waals surface area contributed by atoms with Crippen molar-refractivity contribution in [2.75, 3.05) is 30.6 Å². The normalized spacial score (nSPS) is 11.5. The third-order valence-electron chi connectivity index (χ3n) is 6.28. The van der Waals surface area contributed by atoms with Crippen LogP contribution in [-0.4, -0.2) is 46.8 Å². The molecule has 0 aliphatic heterocycles. The zero-order valence-electron chi connectivity index (χ0n) is 22.5. The average molecular weight is 587 g/mol. The molecule has 5 aromatic rings. The number of para-hydroxylation sites is 1. The molecule has 0 atom stereocenters. The number of hydrogen-bond acceptors (Lipinski definition) is 8. The number of anilines is 2. The lowest BCUT2D eigenvalue weighted by Crippen LogP contribution is -2.27. The van der Waals surface area contributed by atoms with Crippen LogP contribution in [-0.2, 0) is 10.0 Å². The van der Waals surface area contributed by atoms with Crippen molar-refractivity contribution in [2.45, 2.75) is 4.90 Å². The monoisotopic (exact) mass is 586 g/mol. The maximum absolute atomic E-state index is 13.8. The number of sulfonamides is 1. The van der Waals surface area contributed by atoms with Crippen LogP contribution in [0.3, 0.4) is 0 Å². The fourth-order valence-electron chi connectivity index (χ4n) is 3.94. The van der Waals surface area contributed by atoms with Gasteiger partial charge in [0.15, 0.2) is 0 Å². The van der Waals surface area contributed by atoms with E-state index in [0.717, 1.165) is 10.3 Å². The number of hydrazone groups is 1. The van der Waals surface area contributed by atoms with Gasteiger partial charge in [-0.25, -0.2) is 13.4 Å². The predicted octanol–water partition coefficient (Wildman–Crippen LogP) is 5.82. The minimum absolute atomic E-state index is 0.0563. The number of aromatic nitrogens is 1. The number of nitrogens with zero attached hydrogens (tertiary/aromatic N) is 4. The molecule has 0 unspecified atom stereocenters. The average Bonchev–Trinajstić information content (AvgIpc) is 3.44. The van der Waals surface area contributed by atoms with E-state index in [-0.39, 0.29) is 10.5 Å². The third-order valence-corrected chi connectivity index (χ3v) is 9.07. The molecule has 1 amide bonds. The van der Waals surface area contributed by atoms with Crippen molar-refractivity contribution >= 4 is 54.5 Å². The van der Waals surface area contributed by atoms with Crippen molar-refractivity contribution in [3.8, 4) is 11.5 Å². The molecular formula is C30H26N4O5S2. The number of ether oxygens (including phenoxy) is 2. The fourth-order valence-corrected chi connectivity index (χ4v) is 6.09. The number of carbonyl (C=O) groups is 1. The standard InChI is InChI=1S/C30H26N4O5S2/c1-33(23-7-5-4-6-8-23)41(36,37)26-16-11-22(12-17-26)29(35)34(31-20-21-9-13-24(38-2)14-10-21)30-32-27-18-15-25(39-3)19-28(27)40-30/h4-20H,1-3H3/b31-20+. The van der Waals surface area contributed by atoms with E-state index in [0.29, 0.717) is 27.8 Å². The van der Waals surface area contributed by atoms with E-state index in [1.165, 1.54) is 52.0 Å². The quantitative estimate of drug-likeness (QED) is 0.159. The van der Waals surface area contributed by atoms with Crippen molar-refractivity contribution in [3.63, 3.8) is 0 Å². The molecule has 0 N–H and O–H groups in total. The lowest BCUT2D eigenvalue weighted by molar-refractivity contribution is 0.0987. The second kappa shape index (κ2) is 11.8. The molecule has 0 bridgehead atoms. The predicted molar refractivity (Wildman–Crippen MR) is 162 cm³/mol. The van der Waals surface area contributed by atoms with Gasteiger partial charge in [-0.05, 0) is 84.4 Å². The first-order chi connectivity index (χ1) is 19.8. The Morgan fingerprint density at radius 3 is 2.20 bits per heavy atom. The van der Waals surface area contributed by atoms with Gasteiger partial charge in [0, 0.05) is 12.6 Å². The molecule has 0 aliphatic rings. The molecule has 0 spiro atoms. The Kier molecular flexibility index (Phi) is 7.99. The molecule has 0 aliphatic carbocycles. The van der Waals surface area contributed by atoms with Gasteiger partial charge in [-0.1, -0.05) is 29.5 Å². The largest absolute Gasteiger partial charge is 0.497 e. The topological polar surface area (TPSA) is 101 Å². The second-order valence-electron chi connectivity index (χ2n) is 8.80. The van der Waals surface area contributed by atoms with Crippen LogP contribution in [0, 0.1) is 0 Å². The molecule has 1 aromatic heterocycles. The molecule has 9 nitrogen and oxygen atoms in total. The Hall–Kier alpha value is -4.74. The Labute approximate surface area is 242 Å². The molecule has 0 saturated carbocycles. The van der Waals surface area contributed by atoms with E-state index >= 15 is 0 Å². The number of amides is 1. The Morgan fingerprint density at radius 2 is 1.54 bits per heavy atom. The van der Waals surface area contributed by atoms with Crippen LogP contribution in [0.1, 0.15) is 15.9 Å². The first kappa shape index (κ1) is 27.8. The molecule has 0 saturated heterocycles. The highest BCUT2D eigenvalue weighted by Gasteiger charge is 2.24. The van der Waals surface area contributed by atoms with Crippen LogP contribution in [0.2, 0.25) is 0 Å². The highest BCUT2D eigenvalue weighted by molar-refractivity contribution is 7.92. The lowest BCUT2D eigenvalue weighted by Gasteiger charge is -2.19. The summed E-state index contributed by atoms with van der Waals surface area (Å²) in [7, 11) is 0.819. The van der Waals surface area contributed by atoms with Gasteiger partial charge >= 0.3 is 0 Å². The first-order valence-electron chi connectivity index (χ1n) is 12.4. The maximum atomic E-state index is 13.8. The number of methoxy groups -OCH3 is 2. The number of rotatable bonds is 9. The summed E-state index contributed by atoms with van der Waals surface area (Å²) in [5.74, 6) is 0.897. The third kappa shape index (κ3) is 5.91. The summed E-state index contributed by atoms with van der Waals surface area (Å²) in [5.41, 5.74) is 2.21. The summed E-state index contributed by atoms with van der Waals surface area (Å²) in [6.07, 6.45) is 1.55. The molecule has 0 radical (unpaired) electrons. The number of thiazole rings is 1. The first-order valence-corrected chi connectivity index (χ1v) is 14.7. The van der Waals surface area contributed by atoms with E-state index in [2.05, 4.69) is 10.1 Å². The van der Waals surface area contributed by atoms with Gasteiger partial charge in [0.25, 0.3) is 15.9 Å². The SMILES string of the molecule is COc1ccc(/C=N/N(C(=O)c2ccc(S(=O)(=O)N(C)c3ccccc3)cc2)c2nc3ccc(OC)cc3s2)cc1. The minimum atomic E-state index is -3.84. The molecule has 1 heterocycles. The Bertz CT molecular complexity index is 1800. The molecule has 5 rings (SSSR count). The molecule has 4 aromatic carbocycles. The van der Waals surface area contributed by atoms with Gasteiger partial charge in [0.2, 0.25) is 5.13 Å². The van der Waals surface area contributed by atoms with Crippen molar-refractivity contribution in [1.29, 1.82) is 0 Å². The second-order valence-corrected chi connectivity index (χ2v) is 11.8. The van der Waals surface area contributed by atoms with Gasteiger partial charge in [0.05, 0.1) is 41.2 Å². The minimum Gasteiger partial charge on any atom is -0.497 e. The van der Waals surface area contributed by atoms with E-state index in [9.17, 15) is 13.2 Å². The fraction of sp³-hybridized carbons (Fsp3) is 0.100. The van der Waals surface area contributed by atoms with Crippen LogP contribution >= 0.6 is 11.3 Å². The maximum Gasteiger partial charge on any atom is 0.280 e. The van der Waals surface area contributed by atoms with Gasteiger partial charge in [-0.15, -0.1) is 0 Å². The summed E-state index contributed by atoms with van der Waals surface area (Å²) in [6.45, 7) is 0. The van der Waals surface area contributed by atoms with Crippen LogP contribution in [0.5, 0.6) is 11.5 Å². The van der Waals surface area contributed by atoms with Gasteiger partial charge in [-0.3, -0.25) is 9.10 Å². The summed E-state index contributed by atoms with van der Waals surface area (Å²) < 4.78 is 39.0. The van der Waals surface area contributed by atoms with Crippen molar-refractivity contribution in [2.24, 2.45) is 5.10 Å². The highest BCUT2D eigenvalue weighted by atomic mass is 32.2. The Morgan fingerprint density at radius 1 is 0.878 bits per heavy atom. The zero-order chi connectivity index (χ0) is 29.0. The van der Waals surface area contributed by atoms with Crippen LogP contribution < -0.4 is 18.8 Å². The van der Waals surface area contributed by atoms with Gasteiger partial charge in [-0.2, -0.15) is 10.1 Å². The molecular weight excluding hydrogens is 560 g/mol. The summed E-state index contributed by atoms with van der Waals surface area (Å²) in [4.78, 5) is 18.4. The number of benzene rings is 4. The van der Waals surface area contributed by atoms with Crippen LogP contribution in [0.25, 0.3) is 10.2 Å². The summed E-state index contributed by atoms with van der Waals surface area (Å²) in [5, 5.41) is 6.04. The summed E-state index contributed by atoms with van der Waals surface area (Å²) in [6, 6.07) is 27.2. The number of hydrogen-bond donors (Lipinski definition) is 0. The van der Waals surface area contributed by atoms with Crippen molar-refractivity contribution in [3.05, 3.63) is 108 Å². The van der Waals surface area contributed by atoms with E-state index < -0.39 is 15.9 Å². The molecule has 41 heavy (non-hydrogen) atoms. The van der Waals surface area contributed by atoms with Crippen LogP contribution in [0.15, 0.2) is 107 Å². The molecule has 208 valence electrons. The van der Waals surface area contributed by atoms with E-state index in [1.54, 1.807) is 62.9 Å². The van der Waals surface area contributed by atoms with Gasteiger partial charge in [0.1, 0.15) is 11.5 Å². The smallest absolute Gasteiger partial charge is 0.280 e. The van der Waals surface area contributed by atoms with Crippen molar-refractivity contribution < 1.29 is 22.7 Å². The Balaban J connectivity index is 1.48. The molecule has 0 fully saturated rings. The number of fused-ring (bicyclic) bond motifs is 1. The molecule has 11 heteroatoms. The van der Waals surface area contributed by atoms with E-state index in [1.807, 2.05) is 30.3 Å².